The number of hydrogen-bond acceptors (Lipinski definition) is 4. The van der Waals surface area contributed by atoms with E-state index in [-0.39, 0.29) is 11.8 Å². The van der Waals surface area contributed by atoms with Gasteiger partial charge in [-0.15, -0.1) is 0 Å². The van der Waals surface area contributed by atoms with Crippen molar-refractivity contribution in [3.05, 3.63) is 95.0 Å². The molecule has 2 amide bonds. The first kappa shape index (κ1) is 21.0. The van der Waals surface area contributed by atoms with Crippen LogP contribution in [0.4, 0.5) is 11.4 Å². The van der Waals surface area contributed by atoms with Gasteiger partial charge in [0, 0.05) is 10.4 Å². The van der Waals surface area contributed by atoms with Gasteiger partial charge in [-0.1, -0.05) is 70.5 Å². The molecule has 1 aliphatic carbocycles. The largest absolute Gasteiger partial charge is 0.271 e. The fourth-order valence-electron chi connectivity index (χ4n) is 5.90. The van der Waals surface area contributed by atoms with Crippen molar-refractivity contribution >= 4 is 50.5 Å². The summed E-state index contributed by atoms with van der Waals surface area (Å²) in [5, 5.41) is 12.3. The lowest BCUT2D eigenvalue weighted by atomic mass is 9.85. The molecule has 168 valence electrons. The van der Waals surface area contributed by atoms with E-state index in [4.69, 9.17) is 10.2 Å². The quantitative estimate of drug-likeness (QED) is 0.473. The molecule has 0 aromatic heterocycles. The lowest BCUT2D eigenvalue weighted by Gasteiger charge is -2.18. The monoisotopic (exact) mass is 512 g/mol. The number of halogens is 1. The molecule has 0 unspecified atom stereocenters. The van der Waals surface area contributed by atoms with Gasteiger partial charge in [-0.3, -0.25) is 9.59 Å². The van der Waals surface area contributed by atoms with Gasteiger partial charge in [-0.25, -0.2) is 0 Å². The summed E-state index contributed by atoms with van der Waals surface area (Å²) in [7, 11) is 0. The number of hydrazone groups is 2. The molecule has 0 radical (unpaired) electrons. The number of fused-ring (bicyclic) bond motifs is 1. The van der Waals surface area contributed by atoms with Crippen molar-refractivity contribution in [2.24, 2.45) is 21.0 Å². The van der Waals surface area contributed by atoms with E-state index in [0.29, 0.717) is 22.8 Å². The van der Waals surface area contributed by atoms with Crippen LogP contribution in [-0.4, -0.2) is 23.2 Å². The Bertz CT molecular complexity index is 1320. The summed E-state index contributed by atoms with van der Waals surface area (Å²) in [5.41, 5.74) is 1.23. The Kier molecular flexibility index (Phi) is 4.45. The molecule has 2 spiro atoms. The van der Waals surface area contributed by atoms with E-state index in [1.165, 1.54) is 10.0 Å². The Labute approximate surface area is 205 Å². The Morgan fingerprint density at radius 2 is 1.09 bits per heavy atom. The first-order valence-corrected chi connectivity index (χ1v) is 11.9. The van der Waals surface area contributed by atoms with Gasteiger partial charge < -0.3 is 0 Å². The number of nitrogens with zero attached hydrogens (tertiary/aromatic N) is 4. The summed E-state index contributed by atoms with van der Waals surface area (Å²) in [5.74, 6) is -0.824. The van der Waals surface area contributed by atoms with Crippen molar-refractivity contribution in [1.82, 2.24) is 0 Å². The Balaban J connectivity index is 1.55. The zero-order valence-corrected chi connectivity index (χ0v) is 20.2. The number of carbonyl (C=O) groups is 2. The van der Waals surface area contributed by atoms with Gasteiger partial charge in [-0.2, -0.15) is 20.2 Å². The van der Waals surface area contributed by atoms with Crippen LogP contribution in [0.3, 0.4) is 0 Å². The smallest absolute Gasteiger partial charge is 0.261 e. The van der Waals surface area contributed by atoms with E-state index in [1.54, 1.807) is 0 Å². The van der Waals surface area contributed by atoms with Gasteiger partial charge in [0.05, 0.1) is 22.8 Å². The summed E-state index contributed by atoms with van der Waals surface area (Å²) in [6, 6.07) is 26.5. The van der Waals surface area contributed by atoms with Crippen LogP contribution in [0.15, 0.2) is 99.6 Å². The van der Waals surface area contributed by atoms with Crippen molar-refractivity contribution in [1.29, 1.82) is 0 Å². The van der Waals surface area contributed by atoms with Crippen molar-refractivity contribution in [2.75, 3.05) is 10.0 Å². The van der Waals surface area contributed by atoms with Crippen LogP contribution in [0.25, 0.3) is 0 Å². The average molecular weight is 513 g/mol. The van der Waals surface area contributed by atoms with Crippen LogP contribution < -0.4 is 10.0 Å². The van der Waals surface area contributed by atoms with Gasteiger partial charge in [0.15, 0.2) is 0 Å². The van der Waals surface area contributed by atoms with E-state index in [9.17, 15) is 9.59 Å². The molecule has 1 fully saturated rings. The van der Waals surface area contributed by atoms with Crippen molar-refractivity contribution < 1.29 is 9.59 Å². The van der Waals surface area contributed by atoms with Crippen LogP contribution in [-0.2, 0) is 9.59 Å². The maximum absolute atomic E-state index is 14.3. The molecule has 34 heavy (non-hydrogen) atoms. The molecule has 3 aromatic carbocycles. The number of anilines is 2. The Hall–Kier alpha value is -3.58. The summed E-state index contributed by atoms with van der Waals surface area (Å²) < 4.78 is 0.855. The van der Waals surface area contributed by atoms with Crippen LogP contribution in [0, 0.1) is 10.8 Å². The maximum atomic E-state index is 14.3. The first-order valence-electron chi connectivity index (χ1n) is 11.1. The molecule has 1 saturated carbocycles. The molecule has 6 nitrogen and oxygen atoms in total. The zero-order valence-electron chi connectivity index (χ0n) is 18.6. The molecular formula is C27H21BrN4O2. The third-order valence-corrected chi connectivity index (χ3v) is 8.05. The van der Waals surface area contributed by atoms with Gasteiger partial charge in [-0.05, 0) is 49.7 Å². The second kappa shape index (κ2) is 7.21. The standard InChI is InChI=1S/C27H21BrN4O2/c1-17-26(24(33)31(29-17)19-11-5-3-6-12-19)23(21-15-9-10-16-22(21)28)27(26)18(2)30-32(25(27)34)20-13-7-4-8-14-20/h3-16,23H,1-2H3/t26-,27-/m1/s1. The van der Waals surface area contributed by atoms with Gasteiger partial charge >= 0.3 is 0 Å². The van der Waals surface area contributed by atoms with Crippen LogP contribution >= 0.6 is 15.9 Å². The van der Waals surface area contributed by atoms with Crippen molar-refractivity contribution in [2.45, 2.75) is 19.8 Å². The third kappa shape index (κ3) is 2.40. The number of amides is 2. The number of rotatable bonds is 3. The minimum atomic E-state index is -1.14. The number of hydrogen-bond donors (Lipinski definition) is 0. The summed E-state index contributed by atoms with van der Waals surface area (Å²) in [6.45, 7) is 3.70. The predicted molar refractivity (Wildman–Crippen MR) is 136 cm³/mol. The molecule has 0 saturated heterocycles. The molecule has 6 rings (SSSR count). The molecule has 0 N–H and O–H groups in total. The minimum Gasteiger partial charge on any atom is -0.271 e. The molecule has 7 heteroatoms. The van der Waals surface area contributed by atoms with E-state index < -0.39 is 16.7 Å². The number of carbonyl (C=O) groups excluding carboxylic acids is 2. The normalized spacial score (nSPS) is 27.6. The molecule has 2 atom stereocenters. The highest BCUT2D eigenvalue weighted by molar-refractivity contribution is 9.10. The van der Waals surface area contributed by atoms with E-state index in [2.05, 4.69) is 15.9 Å². The lowest BCUT2D eigenvalue weighted by Crippen LogP contribution is -2.40. The Morgan fingerprint density at radius 3 is 1.53 bits per heavy atom. The fraction of sp³-hybridized carbons (Fsp3) is 0.185. The SMILES string of the molecule is CC1=NN(c2ccccc2)C(=O)[C@]12C(c1ccccc1Br)[C@]21C(=O)N(c2ccccc2)N=C1C. The summed E-state index contributed by atoms with van der Waals surface area (Å²) in [6.07, 6.45) is 0. The highest BCUT2D eigenvalue weighted by Crippen LogP contribution is 2.79. The maximum Gasteiger partial charge on any atom is 0.261 e. The van der Waals surface area contributed by atoms with E-state index in [0.717, 1.165) is 10.0 Å². The van der Waals surface area contributed by atoms with Crippen molar-refractivity contribution in [3.8, 4) is 0 Å². The van der Waals surface area contributed by atoms with Crippen LogP contribution in [0.1, 0.15) is 25.3 Å². The number of para-hydroxylation sites is 2. The highest BCUT2D eigenvalue weighted by Gasteiger charge is 2.91. The van der Waals surface area contributed by atoms with E-state index in [1.807, 2.05) is 98.8 Å². The summed E-state index contributed by atoms with van der Waals surface area (Å²) in [4.78, 5) is 28.5. The number of benzene rings is 3. The molecular weight excluding hydrogens is 492 g/mol. The molecule has 0 bridgehead atoms. The highest BCUT2D eigenvalue weighted by atomic mass is 79.9. The lowest BCUT2D eigenvalue weighted by molar-refractivity contribution is -0.126. The van der Waals surface area contributed by atoms with E-state index >= 15 is 0 Å². The molecule has 3 aromatic rings. The van der Waals surface area contributed by atoms with Gasteiger partial charge in [0.2, 0.25) is 0 Å². The van der Waals surface area contributed by atoms with Crippen molar-refractivity contribution in [3.63, 3.8) is 0 Å². The second-order valence-electron chi connectivity index (χ2n) is 8.85. The predicted octanol–water partition coefficient (Wildman–Crippen LogP) is 5.36. The third-order valence-electron chi connectivity index (χ3n) is 7.32. The molecule has 2 heterocycles. The van der Waals surface area contributed by atoms with Crippen LogP contribution in [0.2, 0.25) is 0 Å². The molecule has 2 aliphatic heterocycles. The summed E-state index contributed by atoms with van der Waals surface area (Å²) >= 11 is 3.67. The zero-order chi connectivity index (χ0) is 23.7. The first-order chi connectivity index (χ1) is 16.5. The molecule has 3 aliphatic rings. The van der Waals surface area contributed by atoms with Crippen LogP contribution in [0.5, 0.6) is 0 Å². The Morgan fingerprint density at radius 1 is 0.676 bits per heavy atom. The van der Waals surface area contributed by atoms with Gasteiger partial charge in [0.1, 0.15) is 10.8 Å². The fourth-order valence-corrected chi connectivity index (χ4v) is 6.42. The second-order valence-corrected chi connectivity index (χ2v) is 9.70. The topological polar surface area (TPSA) is 65.3 Å². The average Bonchev–Trinajstić information content (AvgIpc) is 3.33. The van der Waals surface area contributed by atoms with Gasteiger partial charge in [0.25, 0.3) is 11.8 Å². The minimum absolute atomic E-state index is 0.199.